The number of hydrogen-bond acceptors (Lipinski definition) is 3. The maximum absolute atomic E-state index is 11.9. The molecule has 2 heterocycles. The summed E-state index contributed by atoms with van der Waals surface area (Å²) in [6.45, 7) is 4.10. The zero-order chi connectivity index (χ0) is 12.6. The van der Waals surface area contributed by atoms with E-state index < -0.39 is 0 Å². The largest absolute Gasteiger partial charge is 0.317 e. The van der Waals surface area contributed by atoms with Gasteiger partial charge in [-0.1, -0.05) is 0 Å². The standard InChI is InChI=1S/C11H13BrN4O/c1-7-4-9(12)5-16(11(7)17)6-10-14-13-8(2)15(10)3/h4-5H,6H2,1-3H3. The highest BCUT2D eigenvalue weighted by molar-refractivity contribution is 9.10. The highest BCUT2D eigenvalue weighted by Crippen LogP contribution is 2.09. The molecule has 5 nitrogen and oxygen atoms in total. The van der Waals surface area contributed by atoms with Gasteiger partial charge in [0, 0.05) is 23.3 Å². The Balaban J connectivity index is 2.43. The molecule has 2 rings (SSSR count). The highest BCUT2D eigenvalue weighted by atomic mass is 79.9. The molecule has 2 aromatic rings. The van der Waals surface area contributed by atoms with Gasteiger partial charge in [-0.25, -0.2) is 0 Å². The predicted molar refractivity (Wildman–Crippen MR) is 68.0 cm³/mol. The number of aromatic nitrogens is 4. The van der Waals surface area contributed by atoms with Crippen molar-refractivity contribution in [2.24, 2.45) is 7.05 Å². The molecule has 0 aliphatic carbocycles. The summed E-state index contributed by atoms with van der Waals surface area (Å²) in [6, 6.07) is 1.81. The number of pyridine rings is 1. The van der Waals surface area contributed by atoms with Crippen molar-refractivity contribution in [1.82, 2.24) is 19.3 Å². The van der Waals surface area contributed by atoms with Gasteiger partial charge in [-0.15, -0.1) is 10.2 Å². The van der Waals surface area contributed by atoms with Gasteiger partial charge in [-0.2, -0.15) is 0 Å². The molecule has 0 aliphatic heterocycles. The summed E-state index contributed by atoms with van der Waals surface area (Å²) in [6.07, 6.45) is 1.76. The minimum atomic E-state index is -0.00569. The lowest BCUT2D eigenvalue weighted by molar-refractivity contribution is 0.667. The van der Waals surface area contributed by atoms with E-state index in [1.54, 1.807) is 23.8 Å². The molecule has 0 aliphatic rings. The normalized spacial score (nSPS) is 10.8. The summed E-state index contributed by atoms with van der Waals surface area (Å²) in [5.41, 5.74) is 0.701. The Morgan fingerprint density at radius 3 is 2.65 bits per heavy atom. The zero-order valence-corrected chi connectivity index (χ0v) is 11.5. The van der Waals surface area contributed by atoms with Crippen molar-refractivity contribution in [2.45, 2.75) is 20.4 Å². The van der Waals surface area contributed by atoms with Gasteiger partial charge in [0.25, 0.3) is 5.56 Å². The molecule has 17 heavy (non-hydrogen) atoms. The van der Waals surface area contributed by atoms with E-state index in [0.29, 0.717) is 12.1 Å². The first-order chi connectivity index (χ1) is 7.99. The molecule has 0 fully saturated rings. The third-order valence-corrected chi connectivity index (χ3v) is 3.16. The van der Waals surface area contributed by atoms with Crippen LogP contribution < -0.4 is 5.56 Å². The quantitative estimate of drug-likeness (QED) is 0.842. The minimum absolute atomic E-state index is 0.00569. The smallest absolute Gasteiger partial charge is 0.253 e. The topological polar surface area (TPSA) is 52.7 Å². The van der Waals surface area contributed by atoms with Crippen LogP contribution in [-0.4, -0.2) is 19.3 Å². The van der Waals surface area contributed by atoms with Gasteiger partial charge in [0.1, 0.15) is 5.82 Å². The minimum Gasteiger partial charge on any atom is -0.317 e. The van der Waals surface area contributed by atoms with Crippen molar-refractivity contribution in [1.29, 1.82) is 0 Å². The summed E-state index contributed by atoms with van der Waals surface area (Å²) in [5.74, 6) is 1.60. The molecule has 90 valence electrons. The van der Waals surface area contributed by atoms with Gasteiger partial charge in [0.05, 0.1) is 6.54 Å². The molecule has 6 heteroatoms. The number of hydrogen-bond donors (Lipinski definition) is 0. The first kappa shape index (κ1) is 12.0. The van der Waals surface area contributed by atoms with Crippen LogP contribution in [0, 0.1) is 13.8 Å². The van der Waals surface area contributed by atoms with Crippen LogP contribution in [0.25, 0.3) is 0 Å². The molecular weight excluding hydrogens is 284 g/mol. The van der Waals surface area contributed by atoms with Gasteiger partial charge in [0.15, 0.2) is 5.82 Å². The second-order valence-electron chi connectivity index (χ2n) is 4.00. The van der Waals surface area contributed by atoms with Crippen LogP contribution in [0.2, 0.25) is 0 Å². The molecular formula is C11H13BrN4O. The third kappa shape index (κ3) is 2.31. The zero-order valence-electron chi connectivity index (χ0n) is 9.94. The van der Waals surface area contributed by atoms with Crippen LogP contribution in [-0.2, 0) is 13.6 Å². The molecule has 0 radical (unpaired) electrons. The SMILES string of the molecule is Cc1cc(Br)cn(Cc2nnc(C)n2C)c1=O. The fourth-order valence-electron chi connectivity index (χ4n) is 1.60. The van der Waals surface area contributed by atoms with E-state index in [-0.39, 0.29) is 5.56 Å². The Morgan fingerprint density at radius 2 is 2.06 bits per heavy atom. The Hall–Kier alpha value is -1.43. The predicted octanol–water partition coefficient (Wildman–Crippen LogP) is 1.40. The summed E-state index contributed by atoms with van der Waals surface area (Å²) in [5, 5.41) is 8.02. The Morgan fingerprint density at radius 1 is 1.35 bits per heavy atom. The number of aryl methyl sites for hydroxylation is 2. The van der Waals surface area contributed by atoms with E-state index in [2.05, 4.69) is 26.1 Å². The summed E-state index contributed by atoms with van der Waals surface area (Å²) >= 11 is 3.38. The maximum Gasteiger partial charge on any atom is 0.253 e. The van der Waals surface area contributed by atoms with Crippen molar-refractivity contribution in [3.05, 3.63) is 44.3 Å². The molecule has 0 amide bonds. The van der Waals surface area contributed by atoms with Gasteiger partial charge >= 0.3 is 0 Å². The molecule has 2 aromatic heterocycles. The molecule has 0 bridgehead atoms. The van der Waals surface area contributed by atoms with E-state index in [1.165, 1.54) is 0 Å². The first-order valence-corrected chi connectivity index (χ1v) is 6.00. The van der Waals surface area contributed by atoms with Crippen LogP contribution in [0.4, 0.5) is 0 Å². The molecule has 0 saturated carbocycles. The Kier molecular flexibility index (Phi) is 3.15. The molecule has 0 unspecified atom stereocenters. The van der Waals surface area contributed by atoms with E-state index in [0.717, 1.165) is 16.1 Å². The average Bonchev–Trinajstić information content (AvgIpc) is 2.57. The Labute approximate surface area is 107 Å². The summed E-state index contributed by atoms with van der Waals surface area (Å²) in [7, 11) is 1.89. The average molecular weight is 297 g/mol. The first-order valence-electron chi connectivity index (χ1n) is 5.20. The van der Waals surface area contributed by atoms with Crippen molar-refractivity contribution in [3.8, 4) is 0 Å². The van der Waals surface area contributed by atoms with E-state index in [1.807, 2.05) is 18.5 Å². The van der Waals surface area contributed by atoms with E-state index in [4.69, 9.17) is 0 Å². The van der Waals surface area contributed by atoms with Gasteiger partial charge in [-0.05, 0) is 35.8 Å². The summed E-state index contributed by atoms with van der Waals surface area (Å²) < 4.78 is 4.39. The van der Waals surface area contributed by atoms with Crippen molar-refractivity contribution in [3.63, 3.8) is 0 Å². The fourth-order valence-corrected chi connectivity index (χ4v) is 2.19. The van der Waals surface area contributed by atoms with Crippen molar-refractivity contribution in [2.75, 3.05) is 0 Å². The van der Waals surface area contributed by atoms with Crippen molar-refractivity contribution < 1.29 is 0 Å². The maximum atomic E-state index is 11.9. The molecule has 0 aromatic carbocycles. The lowest BCUT2D eigenvalue weighted by atomic mass is 10.3. The van der Waals surface area contributed by atoms with Crippen LogP contribution in [0.15, 0.2) is 21.5 Å². The number of halogens is 1. The molecule has 0 saturated heterocycles. The van der Waals surface area contributed by atoms with Gasteiger partial charge in [0.2, 0.25) is 0 Å². The highest BCUT2D eigenvalue weighted by Gasteiger charge is 2.08. The lowest BCUT2D eigenvalue weighted by Crippen LogP contribution is -2.23. The van der Waals surface area contributed by atoms with Crippen LogP contribution in [0.5, 0.6) is 0 Å². The molecule has 0 atom stereocenters. The fraction of sp³-hybridized carbons (Fsp3) is 0.364. The second kappa shape index (κ2) is 4.44. The third-order valence-electron chi connectivity index (χ3n) is 2.73. The molecule has 0 spiro atoms. The van der Waals surface area contributed by atoms with Crippen LogP contribution in [0.3, 0.4) is 0 Å². The number of nitrogens with zero attached hydrogens (tertiary/aromatic N) is 4. The van der Waals surface area contributed by atoms with Crippen LogP contribution in [0.1, 0.15) is 17.2 Å². The van der Waals surface area contributed by atoms with E-state index >= 15 is 0 Å². The number of rotatable bonds is 2. The lowest BCUT2D eigenvalue weighted by Gasteiger charge is -2.07. The van der Waals surface area contributed by atoms with E-state index in [9.17, 15) is 4.79 Å². The van der Waals surface area contributed by atoms with Crippen molar-refractivity contribution >= 4 is 15.9 Å². The van der Waals surface area contributed by atoms with Gasteiger partial charge in [-0.3, -0.25) is 4.79 Å². The van der Waals surface area contributed by atoms with Crippen LogP contribution >= 0.6 is 15.9 Å². The van der Waals surface area contributed by atoms with Gasteiger partial charge < -0.3 is 9.13 Å². The second-order valence-corrected chi connectivity index (χ2v) is 4.91. The Bertz CT molecular complexity index is 614. The monoisotopic (exact) mass is 296 g/mol. The molecule has 0 N–H and O–H groups in total. The summed E-state index contributed by atoms with van der Waals surface area (Å²) in [4.78, 5) is 11.9.